The Labute approximate surface area is 171 Å². The van der Waals surface area contributed by atoms with Crippen LogP contribution < -0.4 is 11.1 Å². The molecule has 0 aliphatic rings. The van der Waals surface area contributed by atoms with Crippen molar-refractivity contribution >= 4 is 21.5 Å². The Balaban J connectivity index is 1.69. The molecule has 0 amide bonds. The zero-order chi connectivity index (χ0) is 20.9. The topological polar surface area (TPSA) is 97.4 Å². The van der Waals surface area contributed by atoms with Gasteiger partial charge in [0.15, 0.2) is 5.96 Å². The summed E-state index contributed by atoms with van der Waals surface area (Å²) < 4.78 is 25.7. The molecule has 3 aromatic rings. The first-order valence-electron chi connectivity index (χ1n) is 9.27. The van der Waals surface area contributed by atoms with Crippen molar-refractivity contribution in [2.45, 2.75) is 36.1 Å². The van der Waals surface area contributed by atoms with Crippen molar-refractivity contribution in [1.29, 1.82) is 0 Å². The smallest absolute Gasteiger partial charge is 0.206 e. The molecule has 2 aromatic carbocycles. The van der Waals surface area contributed by atoms with Crippen LogP contribution in [0.4, 0.5) is 5.69 Å². The van der Waals surface area contributed by atoms with E-state index in [4.69, 9.17) is 5.73 Å². The minimum absolute atomic E-state index is 0.255. The number of anilines is 1. The number of nitrogens with two attached hydrogens (primary N) is 1. The molecule has 0 bridgehead atoms. The highest BCUT2D eigenvalue weighted by Gasteiger charge is 2.17. The molecule has 0 aliphatic carbocycles. The summed E-state index contributed by atoms with van der Waals surface area (Å²) in [5.41, 5.74) is 8.65. The number of hydrogen-bond donors (Lipinski definition) is 2. The van der Waals surface area contributed by atoms with Crippen molar-refractivity contribution in [2.75, 3.05) is 5.32 Å². The molecule has 3 N–H and O–H groups in total. The summed E-state index contributed by atoms with van der Waals surface area (Å²) in [6.07, 6.45) is 3.32. The molecule has 0 saturated heterocycles. The second kappa shape index (κ2) is 8.87. The highest BCUT2D eigenvalue weighted by Crippen LogP contribution is 2.23. The SMILES string of the molecule is CC(C)c1ccc(S(=O)(=O)c2ccc(CN=C(N)Nc3ccncc3)cc2)cc1. The number of guanidine groups is 1. The maximum absolute atomic E-state index is 12.8. The molecule has 29 heavy (non-hydrogen) atoms. The van der Waals surface area contributed by atoms with Crippen LogP contribution in [0.15, 0.2) is 87.8 Å². The molecule has 0 fully saturated rings. The standard InChI is InChI=1S/C22H24N4O2S/c1-16(2)18-5-9-21(10-6-18)29(27,28)20-7-3-17(4-8-20)15-25-22(23)26-19-11-13-24-14-12-19/h3-14,16H,15H2,1-2H3,(H3,23,24,25,26). The Morgan fingerprint density at radius 2 is 1.52 bits per heavy atom. The van der Waals surface area contributed by atoms with Crippen molar-refractivity contribution < 1.29 is 8.42 Å². The van der Waals surface area contributed by atoms with E-state index in [0.717, 1.165) is 16.8 Å². The van der Waals surface area contributed by atoms with Gasteiger partial charge < -0.3 is 11.1 Å². The van der Waals surface area contributed by atoms with Crippen LogP contribution in [0, 0.1) is 0 Å². The monoisotopic (exact) mass is 408 g/mol. The van der Waals surface area contributed by atoms with Crippen LogP contribution in [-0.2, 0) is 16.4 Å². The highest BCUT2D eigenvalue weighted by atomic mass is 32.2. The van der Waals surface area contributed by atoms with Crippen LogP contribution in [0.5, 0.6) is 0 Å². The molecule has 3 rings (SSSR count). The van der Waals surface area contributed by atoms with Gasteiger partial charge >= 0.3 is 0 Å². The molecule has 0 radical (unpaired) electrons. The van der Waals surface area contributed by atoms with Crippen molar-refractivity contribution in [3.05, 3.63) is 84.2 Å². The van der Waals surface area contributed by atoms with Crippen LogP contribution in [0.3, 0.4) is 0 Å². The summed E-state index contributed by atoms with van der Waals surface area (Å²) in [7, 11) is -3.55. The molecule has 0 aliphatic heterocycles. The first kappa shape index (κ1) is 20.5. The lowest BCUT2D eigenvalue weighted by Gasteiger charge is -2.09. The predicted molar refractivity (Wildman–Crippen MR) is 116 cm³/mol. The molecule has 6 nitrogen and oxygen atoms in total. The van der Waals surface area contributed by atoms with E-state index in [0.29, 0.717) is 17.4 Å². The molecule has 0 saturated carbocycles. The third kappa shape index (κ3) is 5.20. The van der Waals surface area contributed by atoms with E-state index in [1.54, 1.807) is 60.9 Å². The summed E-state index contributed by atoms with van der Waals surface area (Å²) in [5, 5.41) is 2.97. The quantitative estimate of drug-likeness (QED) is 0.475. The minimum atomic E-state index is -3.55. The van der Waals surface area contributed by atoms with E-state index >= 15 is 0 Å². The summed E-state index contributed by atoms with van der Waals surface area (Å²) in [5.74, 6) is 0.630. The molecule has 0 unspecified atom stereocenters. The second-order valence-corrected chi connectivity index (χ2v) is 8.88. The third-order valence-electron chi connectivity index (χ3n) is 4.48. The van der Waals surface area contributed by atoms with Gasteiger partial charge in [0.25, 0.3) is 0 Å². The first-order chi connectivity index (χ1) is 13.9. The Bertz CT molecular complexity index is 1080. The summed E-state index contributed by atoms with van der Waals surface area (Å²) in [4.78, 5) is 8.76. The van der Waals surface area contributed by atoms with Gasteiger partial charge in [0.2, 0.25) is 9.84 Å². The van der Waals surface area contributed by atoms with Crippen molar-refractivity contribution in [2.24, 2.45) is 10.7 Å². The molecule has 1 aromatic heterocycles. The molecule has 7 heteroatoms. The fraction of sp³-hybridized carbons (Fsp3) is 0.182. The van der Waals surface area contributed by atoms with Gasteiger partial charge in [-0.2, -0.15) is 0 Å². The van der Waals surface area contributed by atoms with E-state index in [9.17, 15) is 8.42 Å². The van der Waals surface area contributed by atoms with Crippen LogP contribution in [0.1, 0.15) is 30.9 Å². The maximum Gasteiger partial charge on any atom is 0.206 e. The van der Waals surface area contributed by atoms with Gasteiger partial charge in [0.1, 0.15) is 0 Å². The molecular formula is C22H24N4O2S. The van der Waals surface area contributed by atoms with Gasteiger partial charge in [-0.25, -0.2) is 13.4 Å². The summed E-state index contributed by atoms with van der Waals surface area (Å²) >= 11 is 0. The number of rotatable bonds is 6. The Hall–Kier alpha value is -3.19. The zero-order valence-corrected chi connectivity index (χ0v) is 17.2. The van der Waals surface area contributed by atoms with E-state index in [-0.39, 0.29) is 10.9 Å². The molecule has 0 atom stereocenters. The number of sulfone groups is 1. The first-order valence-corrected chi connectivity index (χ1v) is 10.8. The van der Waals surface area contributed by atoms with Gasteiger partial charge in [-0.15, -0.1) is 0 Å². The Morgan fingerprint density at radius 3 is 2.07 bits per heavy atom. The largest absolute Gasteiger partial charge is 0.370 e. The summed E-state index contributed by atoms with van der Waals surface area (Å²) in [6, 6.07) is 17.3. The van der Waals surface area contributed by atoms with Crippen LogP contribution in [-0.4, -0.2) is 19.4 Å². The second-order valence-electron chi connectivity index (χ2n) is 6.93. The van der Waals surface area contributed by atoms with Crippen molar-refractivity contribution in [3.8, 4) is 0 Å². The zero-order valence-electron chi connectivity index (χ0n) is 16.4. The van der Waals surface area contributed by atoms with Gasteiger partial charge in [-0.05, 0) is 53.4 Å². The van der Waals surface area contributed by atoms with Crippen molar-refractivity contribution in [1.82, 2.24) is 4.98 Å². The van der Waals surface area contributed by atoms with Crippen LogP contribution >= 0.6 is 0 Å². The van der Waals surface area contributed by atoms with E-state index in [1.165, 1.54) is 0 Å². The van der Waals surface area contributed by atoms with Crippen LogP contribution in [0.2, 0.25) is 0 Å². The Morgan fingerprint density at radius 1 is 0.966 bits per heavy atom. The van der Waals surface area contributed by atoms with Crippen LogP contribution in [0.25, 0.3) is 0 Å². The average molecular weight is 409 g/mol. The molecule has 0 spiro atoms. The highest BCUT2D eigenvalue weighted by molar-refractivity contribution is 7.91. The number of hydrogen-bond acceptors (Lipinski definition) is 4. The molecule has 1 heterocycles. The normalized spacial score (nSPS) is 12.2. The molecular weight excluding hydrogens is 384 g/mol. The van der Waals surface area contributed by atoms with Gasteiger partial charge in [0, 0.05) is 18.1 Å². The lowest BCUT2D eigenvalue weighted by Crippen LogP contribution is -2.22. The fourth-order valence-corrected chi connectivity index (χ4v) is 4.00. The van der Waals surface area contributed by atoms with Gasteiger partial charge in [-0.1, -0.05) is 38.1 Å². The fourth-order valence-electron chi connectivity index (χ4n) is 2.74. The average Bonchev–Trinajstić information content (AvgIpc) is 2.73. The predicted octanol–water partition coefficient (Wildman–Crippen LogP) is 3.96. The summed E-state index contributed by atoms with van der Waals surface area (Å²) in [6.45, 7) is 4.49. The van der Waals surface area contributed by atoms with E-state index in [1.807, 2.05) is 12.1 Å². The van der Waals surface area contributed by atoms with E-state index in [2.05, 4.69) is 29.1 Å². The molecule has 150 valence electrons. The number of nitrogens with one attached hydrogen (secondary N) is 1. The van der Waals surface area contributed by atoms with Crippen molar-refractivity contribution in [3.63, 3.8) is 0 Å². The van der Waals surface area contributed by atoms with Gasteiger partial charge in [0.05, 0.1) is 16.3 Å². The maximum atomic E-state index is 12.8. The number of nitrogens with zero attached hydrogens (tertiary/aromatic N) is 2. The number of aromatic nitrogens is 1. The lowest BCUT2D eigenvalue weighted by atomic mass is 10.0. The number of benzene rings is 2. The minimum Gasteiger partial charge on any atom is -0.370 e. The van der Waals surface area contributed by atoms with E-state index < -0.39 is 9.84 Å². The number of aliphatic imine (C=N–C) groups is 1. The third-order valence-corrected chi connectivity index (χ3v) is 6.26. The van der Waals surface area contributed by atoms with Gasteiger partial charge in [-0.3, -0.25) is 4.98 Å². The number of pyridine rings is 1. The lowest BCUT2D eigenvalue weighted by molar-refractivity contribution is 0.596. The Kier molecular flexibility index (Phi) is 6.29.